The fraction of sp³-hybridized carbons (Fsp3) is 0.818. The van der Waals surface area contributed by atoms with E-state index in [1.165, 1.54) is 12.8 Å². The third-order valence-electron chi connectivity index (χ3n) is 3.62. The first kappa shape index (κ1) is 11.0. The van der Waals surface area contributed by atoms with Crippen molar-refractivity contribution in [1.82, 2.24) is 10.1 Å². The molecule has 3 heterocycles. The predicted octanol–water partition coefficient (Wildman–Crippen LogP) is 0.634. The summed E-state index contributed by atoms with van der Waals surface area (Å²) in [6.07, 6.45) is 3.89. The number of nitrogens with two attached hydrogens (primary N) is 1. The van der Waals surface area contributed by atoms with Gasteiger partial charge in [0.15, 0.2) is 0 Å². The van der Waals surface area contributed by atoms with E-state index >= 15 is 0 Å². The molecule has 2 N–H and O–H groups in total. The van der Waals surface area contributed by atoms with Crippen LogP contribution in [-0.2, 0) is 10.3 Å². The van der Waals surface area contributed by atoms with Crippen molar-refractivity contribution in [2.75, 3.05) is 31.2 Å². The van der Waals surface area contributed by atoms with Crippen molar-refractivity contribution in [3.63, 3.8) is 0 Å². The van der Waals surface area contributed by atoms with Gasteiger partial charge in [0, 0.05) is 26.3 Å². The number of nitrogens with zero attached hydrogens (tertiary/aromatic N) is 3. The van der Waals surface area contributed by atoms with Gasteiger partial charge in [0.25, 0.3) is 5.95 Å². The van der Waals surface area contributed by atoms with E-state index in [1.54, 1.807) is 0 Å². The molecule has 1 aromatic rings. The highest BCUT2D eigenvalue weighted by molar-refractivity contribution is 5.29. The Morgan fingerprint density at radius 3 is 2.59 bits per heavy atom. The van der Waals surface area contributed by atoms with Crippen molar-refractivity contribution in [2.45, 2.75) is 31.2 Å². The molecule has 2 saturated heterocycles. The normalized spacial score (nSPS) is 24.2. The molecule has 0 radical (unpaired) electrons. The molecule has 0 bridgehead atoms. The van der Waals surface area contributed by atoms with E-state index in [1.807, 2.05) is 0 Å². The minimum Gasteiger partial charge on any atom is -0.381 e. The smallest absolute Gasteiger partial charge is 0.266 e. The Bertz CT molecular complexity index is 381. The van der Waals surface area contributed by atoms with Crippen LogP contribution in [0.25, 0.3) is 0 Å². The highest BCUT2D eigenvalue weighted by Crippen LogP contribution is 2.29. The molecule has 0 aromatic carbocycles. The lowest BCUT2D eigenvalue weighted by molar-refractivity contribution is 0.0400. The molecule has 17 heavy (non-hydrogen) atoms. The molecule has 0 spiro atoms. The average Bonchev–Trinajstić information content (AvgIpc) is 3.01. The number of hydrogen-bond acceptors (Lipinski definition) is 6. The molecule has 0 unspecified atom stereocenters. The van der Waals surface area contributed by atoms with Gasteiger partial charge >= 0.3 is 0 Å². The molecule has 6 heteroatoms. The molecule has 2 aliphatic rings. The number of anilines is 1. The number of rotatable bonds is 2. The standard InChI is InChI=1S/C11H18N4O2/c12-11(3-7-16-8-4-11)9-13-10(14-17-9)15-5-1-2-6-15/h1-8,12H2. The zero-order valence-corrected chi connectivity index (χ0v) is 9.89. The minimum absolute atomic E-state index is 0.497. The lowest BCUT2D eigenvalue weighted by Gasteiger charge is -2.29. The molecule has 6 nitrogen and oxygen atoms in total. The summed E-state index contributed by atoms with van der Waals surface area (Å²) in [4.78, 5) is 6.60. The van der Waals surface area contributed by atoms with Gasteiger partial charge in [0.1, 0.15) is 5.54 Å². The van der Waals surface area contributed by atoms with E-state index in [9.17, 15) is 0 Å². The summed E-state index contributed by atoms with van der Waals surface area (Å²) in [5.41, 5.74) is 5.80. The first-order valence-electron chi connectivity index (χ1n) is 6.24. The average molecular weight is 238 g/mol. The van der Waals surface area contributed by atoms with Gasteiger partial charge in [-0.1, -0.05) is 0 Å². The van der Waals surface area contributed by atoms with Gasteiger partial charge in [-0.05, 0) is 30.8 Å². The fourth-order valence-corrected chi connectivity index (χ4v) is 2.41. The maximum absolute atomic E-state index is 6.30. The van der Waals surface area contributed by atoms with Crippen LogP contribution < -0.4 is 10.6 Å². The van der Waals surface area contributed by atoms with Crippen LogP contribution in [0.2, 0.25) is 0 Å². The number of aromatic nitrogens is 2. The Labute approximate surface area is 100 Å². The lowest BCUT2D eigenvalue weighted by Crippen LogP contribution is -2.42. The maximum Gasteiger partial charge on any atom is 0.266 e. The SMILES string of the molecule is NC1(c2nc(N3CCCC3)no2)CCOCC1. The van der Waals surface area contributed by atoms with E-state index in [2.05, 4.69) is 15.0 Å². The Morgan fingerprint density at radius 1 is 1.18 bits per heavy atom. The second kappa shape index (κ2) is 4.27. The second-order valence-electron chi connectivity index (χ2n) is 4.86. The third kappa shape index (κ3) is 2.02. The van der Waals surface area contributed by atoms with Crippen molar-refractivity contribution in [1.29, 1.82) is 0 Å². The molecular weight excluding hydrogens is 220 g/mol. The molecule has 94 valence electrons. The first-order chi connectivity index (χ1) is 8.28. The van der Waals surface area contributed by atoms with Gasteiger partial charge in [-0.3, -0.25) is 0 Å². The number of hydrogen-bond donors (Lipinski definition) is 1. The van der Waals surface area contributed by atoms with Crippen molar-refractivity contribution in [3.8, 4) is 0 Å². The van der Waals surface area contributed by atoms with E-state index in [4.69, 9.17) is 15.0 Å². The second-order valence-corrected chi connectivity index (χ2v) is 4.86. The van der Waals surface area contributed by atoms with Crippen LogP contribution in [0.15, 0.2) is 4.52 Å². The van der Waals surface area contributed by atoms with Crippen molar-refractivity contribution < 1.29 is 9.26 Å². The Hall–Kier alpha value is -1.14. The van der Waals surface area contributed by atoms with Crippen LogP contribution in [0.5, 0.6) is 0 Å². The lowest BCUT2D eigenvalue weighted by atomic mass is 9.91. The van der Waals surface area contributed by atoms with Crippen molar-refractivity contribution in [2.24, 2.45) is 5.73 Å². The molecule has 0 amide bonds. The molecule has 1 aromatic heterocycles. The monoisotopic (exact) mass is 238 g/mol. The van der Waals surface area contributed by atoms with Gasteiger partial charge in [-0.2, -0.15) is 4.98 Å². The van der Waals surface area contributed by atoms with E-state index in [0.717, 1.165) is 25.9 Å². The van der Waals surface area contributed by atoms with E-state index in [-0.39, 0.29) is 0 Å². The van der Waals surface area contributed by atoms with Crippen LogP contribution >= 0.6 is 0 Å². The predicted molar refractivity (Wildman–Crippen MR) is 61.7 cm³/mol. The largest absolute Gasteiger partial charge is 0.381 e. The maximum atomic E-state index is 6.30. The van der Waals surface area contributed by atoms with Gasteiger partial charge in [0.05, 0.1) is 0 Å². The minimum atomic E-state index is -0.497. The molecule has 0 atom stereocenters. The summed E-state index contributed by atoms with van der Waals surface area (Å²) in [5, 5.41) is 4.04. The number of ether oxygens (including phenoxy) is 1. The van der Waals surface area contributed by atoms with E-state index in [0.29, 0.717) is 25.1 Å². The van der Waals surface area contributed by atoms with Crippen LogP contribution in [0.1, 0.15) is 31.6 Å². The Kier molecular flexibility index (Phi) is 2.76. The highest BCUT2D eigenvalue weighted by Gasteiger charge is 2.36. The molecule has 2 fully saturated rings. The van der Waals surface area contributed by atoms with Crippen molar-refractivity contribution >= 4 is 5.95 Å². The summed E-state index contributed by atoms with van der Waals surface area (Å²) in [5.74, 6) is 1.25. The molecule has 0 aliphatic carbocycles. The molecule has 0 saturated carbocycles. The highest BCUT2D eigenvalue weighted by atomic mass is 16.5. The topological polar surface area (TPSA) is 77.4 Å². The Balaban J connectivity index is 1.78. The Morgan fingerprint density at radius 2 is 1.88 bits per heavy atom. The van der Waals surface area contributed by atoms with Gasteiger partial charge in [-0.25, -0.2) is 0 Å². The fourth-order valence-electron chi connectivity index (χ4n) is 2.41. The summed E-state index contributed by atoms with van der Waals surface area (Å²) >= 11 is 0. The molecular formula is C11H18N4O2. The van der Waals surface area contributed by atoms with Crippen molar-refractivity contribution in [3.05, 3.63) is 5.89 Å². The third-order valence-corrected chi connectivity index (χ3v) is 3.62. The quantitative estimate of drug-likeness (QED) is 0.814. The summed E-state index contributed by atoms with van der Waals surface area (Å²) < 4.78 is 10.6. The summed E-state index contributed by atoms with van der Waals surface area (Å²) in [6, 6.07) is 0. The summed E-state index contributed by atoms with van der Waals surface area (Å²) in [6.45, 7) is 3.36. The zero-order valence-electron chi connectivity index (χ0n) is 9.89. The van der Waals surface area contributed by atoms with Crippen LogP contribution in [0, 0.1) is 0 Å². The van der Waals surface area contributed by atoms with Crippen LogP contribution in [0.4, 0.5) is 5.95 Å². The zero-order chi connectivity index (χ0) is 11.7. The van der Waals surface area contributed by atoms with Crippen LogP contribution in [-0.4, -0.2) is 36.4 Å². The summed E-state index contributed by atoms with van der Waals surface area (Å²) in [7, 11) is 0. The van der Waals surface area contributed by atoms with Gasteiger partial charge < -0.3 is 19.9 Å². The van der Waals surface area contributed by atoms with Gasteiger partial charge in [-0.15, -0.1) is 0 Å². The van der Waals surface area contributed by atoms with E-state index < -0.39 is 5.54 Å². The molecule has 2 aliphatic heterocycles. The van der Waals surface area contributed by atoms with Gasteiger partial charge in [0.2, 0.25) is 5.89 Å². The molecule has 3 rings (SSSR count). The van der Waals surface area contributed by atoms with Crippen LogP contribution in [0.3, 0.4) is 0 Å². The first-order valence-corrected chi connectivity index (χ1v) is 6.24.